The summed E-state index contributed by atoms with van der Waals surface area (Å²) in [5.74, 6) is 0.864. The molecule has 23 heavy (non-hydrogen) atoms. The average molecular weight is 320 g/mol. The molecule has 0 aliphatic heterocycles. The van der Waals surface area contributed by atoms with Crippen LogP contribution < -0.4 is 14.8 Å². The molecular weight excluding hydrogens is 299 g/mol. The van der Waals surface area contributed by atoms with Gasteiger partial charge < -0.3 is 19.9 Å². The molecule has 2 N–H and O–H groups in total. The van der Waals surface area contributed by atoms with Gasteiger partial charge in [-0.15, -0.1) is 0 Å². The summed E-state index contributed by atoms with van der Waals surface area (Å²) in [6.07, 6.45) is 0.443. The standard InChI is InChI=1S/C17H21FN2O3/c1-11(16-5-4-13(18)9-20-16)19-10-17(21)12-6-14(22-2)8-15(7-12)23-3/h4-9,11,17,19,21H,10H2,1-3H3. The van der Waals surface area contributed by atoms with Crippen molar-refractivity contribution in [1.29, 1.82) is 0 Å². The number of methoxy groups -OCH3 is 2. The highest BCUT2D eigenvalue weighted by molar-refractivity contribution is 5.39. The number of benzene rings is 1. The lowest BCUT2D eigenvalue weighted by Crippen LogP contribution is -2.25. The second-order valence-corrected chi connectivity index (χ2v) is 5.19. The fourth-order valence-electron chi connectivity index (χ4n) is 2.18. The number of pyridine rings is 1. The summed E-state index contributed by atoms with van der Waals surface area (Å²) in [6, 6.07) is 8.13. The van der Waals surface area contributed by atoms with Crippen LogP contribution in [0.5, 0.6) is 11.5 Å². The van der Waals surface area contributed by atoms with Gasteiger partial charge in [0.05, 0.1) is 32.2 Å². The van der Waals surface area contributed by atoms with Gasteiger partial charge in [-0.05, 0) is 36.8 Å². The monoisotopic (exact) mass is 320 g/mol. The van der Waals surface area contributed by atoms with Crippen molar-refractivity contribution in [3.63, 3.8) is 0 Å². The van der Waals surface area contributed by atoms with Crippen LogP contribution in [0.1, 0.15) is 30.3 Å². The van der Waals surface area contributed by atoms with Crippen molar-refractivity contribution in [2.75, 3.05) is 20.8 Å². The third kappa shape index (κ3) is 4.64. The number of aromatic nitrogens is 1. The molecule has 0 aliphatic carbocycles. The number of hydrogen-bond donors (Lipinski definition) is 2. The van der Waals surface area contributed by atoms with E-state index >= 15 is 0 Å². The molecule has 0 radical (unpaired) electrons. The molecule has 6 heteroatoms. The Labute approximate surface area is 135 Å². The first-order chi connectivity index (χ1) is 11.0. The Morgan fingerprint density at radius 1 is 1.17 bits per heavy atom. The lowest BCUT2D eigenvalue weighted by atomic mass is 10.1. The van der Waals surface area contributed by atoms with Crippen molar-refractivity contribution in [2.45, 2.75) is 19.1 Å². The van der Waals surface area contributed by atoms with E-state index in [1.165, 1.54) is 12.3 Å². The van der Waals surface area contributed by atoms with E-state index in [2.05, 4.69) is 10.3 Å². The Morgan fingerprint density at radius 3 is 2.35 bits per heavy atom. The van der Waals surface area contributed by atoms with E-state index in [0.717, 1.165) is 0 Å². The molecule has 0 saturated carbocycles. The van der Waals surface area contributed by atoms with E-state index in [1.54, 1.807) is 38.5 Å². The Balaban J connectivity index is 2.01. The van der Waals surface area contributed by atoms with E-state index in [-0.39, 0.29) is 11.9 Å². The van der Waals surface area contributed by atoms with Crippen molar-refractivity contribution in [2.24, 2.45) is 0 Å². The first kappa shape index (κ1) is 17.2. The van der Waals surface area contributed by atoms with E-state index in [9.17, 15) is 9.50 Å². The molecule has 0 aliphatic rings. The number of hydrogen-bond acceptors (Lipinski definition) is 5. The van der Waals surface area contributed by atoms with Gasteiger partial charge in [-0.3, -0.25) is 4.98 Å². The van der Waals surface area contributed by atoms with Crippen molar-refractivity contribution < 1.29 is 19.0 Å². The van der Waals surface area contributed by atoms with Crippen LogP contribution in [0.2, 0.25) is 0 Å². The maximum absolute atomic E-state index is 12.9. The Morgan fingerprint density at radius 2 is 1.83 bits per heavy atom. The van der Waals surface area contributed by atoms with Crippen molar-refractivity contribution in [3.8, 4) is 11.5 Å². The predicted molar refractivity (Wildman–Crippen MR) is 85.1 cm³/mol. The van der Waals surface area contributed by atoms with Crippen molar-refractivity contribution >= 4 is 0 Å². The van der Waals surface area contributed by atoms with Crippen molar-refractivity contribution in [1.82, 2.24) is 10.3 Å². The molecule has 0 spiro atoms. The summed E-state index contributed by atoms with van der Waals surface area (Å²) in [5.41, 5.74) is 1.40. The largest absolute Gasteiger partial charge is 0.497 e. The van der Waals surface area contributed by atoms with Gasteiger partial charge in [0.15, 0.2) is 0 Å². The number of aliphatic hydroxyl groups is 1. The highest BCUT2D eigenvalue weighted by Gasteiger charge is 2.13. The third-order valence-electron chi connectivity index (χ3n) is 3.57. The number of aliphatic hydroxyl groups excluding tert-OH is 1. The summed E-state index contributed by atoms with van der Waals surface area (Å²) in [6.45, 7) is 2.22. The minimum absolute atomic E-state index is 0.113. The quantitative estimate of drug-likeness (QED) is 0.821. The third-order valence-corrected chi connectivity index (χ3v) is 3.57. The second-order valence-electron chi connectivity index (χ2n) is 5.19. The number of nitrogens with one attached hydrogen (secondary N) is 1. The Bertz CT molecular complexity index is 612. The second kappa shape index (κ2) is 7.89. The Hall–Kier alpha value is -2.18. The summed E-state index contributed by atoms with van der Waals surface area (Å²) in [4.78, 5) is 4.02. The minimum Gasteiger partial charge on any atom is -0.497 e. The van der Waals surface area contributed by atoms with Gasteiger partial charge in [0, 0.05) is 18.7 Å². The molecule has 5 nitrogen and oxygen atoms in total. The molecule has 1 aromatic carbocycles. The minimum atomic E-state index is -0.734. The van der Waals surface area contributed by atoms with Crippen LogP contribution in [0.3, 0.4) is 0 Å². The van der Waals surface area contributed by atoms with E-state index in [1.807, 2.05) is 6.92 Å². The maximum Gasteiger partial charge on any atom is 0.141 e. The fraction of sp³-hybridized carbons (Fsp3) is 0.353. The summed E-state index contributed by atoms with van der Waals surface area (Å²) >= 11 is 0. The zero-order valence-corrected chi connectivity index (χ0v) is 13.4. The molecular formula is C17H21FN2O3. The Kier molecular flexibility index (Phi) is 5.90. The molecule has 1 heterocycles. The van der Waals surface area contributed by atoms with E-state index < -0.39 is 6.10 Å². The molecule has 2 rings (SSSR count). The van der Waals surface area contributed by atoms with Gasteiger partial charge in [-0.2, -0.15) is 0 Å². The molecule has 1 aromatic heterocycles. The maximum atomic E-state index is 12.9. The molecule has 0 bridgehead atoms. The zero-order valence-electron chi connectivity index (χ0n) is 13.4. The molecule has 0 saturated heterocycles. The highest BCUT2D eigenvalue weighted by atomic mass is 19.1. The number of nitrogens with zero attached hydrogens (tertiary/aromatic N) is 1. The van der Waals surface area contributed by atoms with Gasteiger partial charge in [-0.25, -0.2) is 4.39 Å². The van der Waals surface area contributed by atoms with Gasteiger partial charge in [0.1, 0.15) is 17.3 Å². The molecule has 2 aromatic rings. The normalized spacial score (nSPS) is 13.4. The molecule has 0 amide bonds. The summed E-state index contributed by atoms with van der Waals surface area (Å²) in [5, 5.41) is 13.5. The van der Waals surface area contributed by atoms with Crippen LogP contribution in [0.15, 0.2) is 36.5 Å². The smallest absolute Gasteiger partial charge is 0.141 e. The summed E-state index contributed by atoms with van der Waals surface area (Å²) < 4.78 is 23.3. The number of rotatable bonds is 7. The highest BCUT2D eigenvalue weighted by Crippen LogP contribution is 2.26. The molecule has 2 unspecified atom stereocenters. The number of ether oxygens (including phenoxy) is 2. The van der Waals surface area contributed by atoms with Gasteiger partial charge in [0.25, 0.3) is 0 Å². The fourth-order valence-corrected chi connectivity index (χ4v) is 2.18. The van der Waals surface area contributed by atoms with Crippen LogP contribution in [0.4, 0.5) is 4.39 Å². The molecule has 2 atom stereocenters. The SMILES string of the molecule is COc1cc(OC)cc(C(O)CNC(C)c2ccc(F)cn2)c1. The van der Waals surface area contributed by atoms with Crippen LogP contribution in [0, 0.1) is 5.82 Å². The molecule has 0 fully saturated rings. The van der Waals surface area contributed by atoms with Gasteiger partial charge in [-0.1, -0.05) is 0 Å². The van der Waals surface area contributed by atoms with E-state index in [0.29, 0.717) is 29.3 Å². The average Bonchev–Trinajstić information content (AvgIpc) is 2.59. The van der Waals surface area contributed by atoms with Crippen LogP contribution in [-0.2, 0) is 0 Å². The van der Waals surface area contributed by atoms with Crippen molar-refractivity contribution in [3.05, 3.63) is 53.6 Å². The van der Waals surface area contributed by atoms with Gasteiger partial charge in [0.2, 0.25) is 0 Å². The topological polar surface area (TPSA) is 63.6 Å². The van der Waals surface area contributed by atoms with Crippen LogP contribution in [-0.4, -0.2) is 30.9 Å². The van der Waals surface area contributed by atoms with Gasteiger partial charge >= 0.3 is 0 Å². The zero-order chi connectivity index (χ0) is 16.8. The van der Waals surface area contributed by atoms with Crippen LogP contribution >= 0.6 is 0 Å². The van der Waals surface area contributed by atoms with Crippen LogP contribution in [0.25, 0.3) is 0 Å². The van der Waals surface area contributed by atoms with E-state index in [4.69, 9.17) is 9.47 Å². The first-order valence-electron chi connectivity index (χ1n) is 7.29. The number of halogens is 1. The lowest BCUT2D eigenvalue weighted by Gasteiger charge is -2.18. The molecule has 124 valence electrons. The summed E-state index contributed by atoms with van der Waals surface area (Å²) in [7, 11) is 3.12. The predicted octanol–water partition coefficient (Wildman–Crippen LogP) is 2.62. The first-order valence-corrected chi connectivity index (χ1v) is 7.29. The lowest BCUT2D eigenvalue weighted by molar-refractivity contribution is 0.169.